The average Bonchev–Trinajstić information content (AvgIpc) is 2.91. The predicted molar refractivity (Wildman–Crippen MR) is 94.1 cm³/mol. The van der Waals surface area contributed by atoms with Crippen LogP contribution in [-0.4, -0.2) is 10.8 Å². The van der Waals surface area contributed by atoms with Crippen molar-refractivity contribution in [3.8, 4) is 0 Å². The first-order valence-electron chi connectivity index (χ1n) is 7.14. The lowest BCUT2D eigenvalue weighted by molar-refractivity contribution is -0.384. The van der Waals surface area contributed by atoms with Gasteiger partial charge in [-0.25, -0.2) is 0 Å². The van der Waals surface area contributed by atoms with Gasteiger partial charge in [0.15, 0.2) is 0 Å². The van der Waals surface area contributed by atoms with Gasteiger partial charge in [-0.15, -0.1) is 0 Å². The lowest BCUT2D eigenvalue weighted by atomic mass is 10.1. The van der Waals surface area contributed by atoms with E-state index >= 15 is 0 Å². The number of nitro groups is 1. The van der Waals surface area contributed by atoms with Crippen molar-refractivity contribution in [1.29, 1.82) is 0 Å². The van der Waals surface area contributed by atoms with Crippen molar-refractivity contribution in [1.82, 2.24) is 0 Å². The Morgan fingerprint density at radius 1 is 1.29 bits per heavy atom. The van der Waals surface area contributed by atoms with Crippen molar-refractivity contribution in [2.24, 2.45) is 0 Å². The van der Waals surface area contributed by atoms with Crippen molar-refractivity contribution in [2.75, 3.05) is 5.32 Å². The van der Waals surface area contributed by atoms with Gasteiger partial charge in [-0.2, -0.15) is 0 Å². The zero-order chi connectivity index (χ0) is 17.3. The third kappa shape index (κ3) is 3.30. The number of hydrogen-bond acceptors (Lipinski definition) is 4. The van der Waals surface area contributed by atoms with Crippen molar-refractivity contribution in [2.45, 2.75) is 13.3 Å². The lowest BCUT2D eigenvalue weighted by Gasteiger charge is -2.07. The summed E-state index contributed by atoms with van der Waals surface area (Å²) >= 11 is 3.23. The number of carbonyl (C=O) groups is 1. The Labute approximate surface area is 145 Å². The molecule has 0 bridgehead atoms. The number of nitro benzene ring substituents is 1. The van der Waals surface area contributed by atoms with Crippen LogP contribution in [0.5, 0.6) is 0 Å². The zero-order valence-corrected chi connectivity index (χ0v) is 14.3. The van der Waals surface area contributed by atoms with Gasteiger partial charge in [0.25, 0.3) is 5.69 Å². The Hall–Kier alpha value is -2.67. The summed E-state index contributed by atoms with van der Waals surface area (Å²) in [5.74, 6) is -0.228. The topological polar surface area (TPSA) is 85.4 Å². The molecular formula is C17H13BrN2O4. The van der Waals surface area contributed by atoms with E-state index in [0.29, 0.717) is 10.2 Å². The van der Waals surface area contributed by atoms with Gasteiger partial charge >= 0.3 is 0 Å². The van der Waals surface area contributed by atoms with Crippen LogP contribution >= 0.6 is 15.9 Å². The molecule has 0 saturated carbocycles. The van der Waals surface area contributed by atoms with Crippen LogP contribution in [0.25, 0.3) is 11.0 Å². The van der Waals surface area contributed by atoms with Gasteiger partial charge < -0.3 is 9.73 Å². The minimum absolute atomic E-state index is 0.0452. The summed E-state index contributed by atoms with van der Waals surface area (Å²) in [6.45, 7) is 1.98. The summed E-state index contributed by atoms with van der Waals surface area (Å²) in [6.07, 6.45) is 1.73. The summed E-state index contributed by atoms with van der Waals surface area (Å²) in [4.78, 5) is 22.5. The van der Waals surface area contributed by atoms with Crippen LogP contribution in [0.2, 0.25) is 0 Å². The summed E-state index contributed by atoms with van der Waals surface area (Å²) in [5.41, 5.74) is 3.05. The Balaban J connectivity index is 1.78. The Bertz CT molecular complexity index is 949. The molecule has 0 radical (unpaired) electrons. The number of carbonyl (C=O) groups excluding carboxylic acids is 1. The molecule has 2 aromatic carbocycles. The summed E-state index contributed by atoms with van der Waals surface area (Å²) < 4.78 is 5.91. The van der Waals surface area contributed by atoms with Gasteiger partial charge in [-0.05, 0) is 41.1 Å². The van der Waals surface area contributed by atoms with E-state index in [1.807, 2.05) is 25.1 Å². The first-order valence-corrected chi connectivity index (χ1v) is 7.94. The number of rotatable bonds is 4. The van der Waals surface area contributed by atoms with Crippen molar-refractivity contribution in [3.63, 3.8) is 0 Å². The average molecular weight is 389 g/mol. The number of anilines is 1. The predicted octanol–water partition coefficient (Wildman–Crippen LogP) is 4.59. The van der Waals surface area contributed by atoms with Gasteiger partial charge in [0.05, 0.1) is 23.3 Å². The molecule has 0 atom stereocenters. The van der Waals surface area contributed by atoms with E-state index in [1.54, 1.807) is 6.26 Å². The molecule has 0 aliphatic heterocycles. The fourth-order valence-corrected chi connectivity index (χ4v) is 2.88. The van der Waals surface area contributed by atoms with Crippen LogP contribution < -0.4 is 5.32 Å². The quantitative estimate of drug-likeness (QED) is 0.522. The molecular weight excluding hydrogens is 376 g/mol. The zero-order valence-electron chi connectivity index (χ0n) is 12.7. The molecule has 1 aromatic heterocycles. The number of hydrogen-bond donors (Lipinski definition) is 1. The lowest BCUT2D eigenvalue weighted by Crippen LogP contribution is -2.14. The number of aryl methyl sites for hydroxylation is 1. The van der Waals surface area contributed by atoms with Crippen LogP contribution in [0.4, 0.5) is 11.4 Å². The molecule has 0 aliphatic rings. The van der Waals surface area contributed by atoms with Gasteiger partial charge in [-0.3, -0.25) is 14.9 Å². The minimum atomic E-state index is -0.490. The maximum Gasteiger partial charge on any atom is 0.270 e. The fourth-order valence-electron chi connectivity index (χ4n) is 2.42. The van der Waals surface area contributed by atoms with Crippen LogP contribution in [0.15, 0.2) is 51.6 Å². The number of non-ortho nitro benzene ring substituents is 1. The molecule has 24 heavy (non-hydrogen) atoms. The number of benzene rings is 2. The van der Waals surface area contributed by atoms with Gasteiger partial charge in [0.2, 0.25) is 5.91 Å². The van der Waals surface area contributed by atoms with Crippen LogP contribution in [0.3, 0.4) is 0 Å². The SMILES string of the molecule is Cc1ccc2occ(CC(=O)Nc3ccc([N+](=O)[O-])cc3Br)c2c1. The van der Waals surface area contributed by atoms with Crippen molar-refractivity contribution >= 4 is 44.2 Å². The highest BCUT2D eigenvalue weighted by Gasteiger charge is 2.14. The monoisotopic (exact) mass is 388 g/mol. The molecule has 0 saturated heterocycles. The molecule has 0 aliphatic carbocycles. The van der Waals surface area contributed by atoms with E-state index < -0.39 is 4.92 Å². The Morgan fingerprint density at radius 3 is 2.79 bits per heavy atom. The van der Waals surface area contributed by atoms with Gasteiger partial charge in [-0.1, -0.05) is 11.6 Å². The summed E-state index contributed by atoms with van der Waals surface area (Å²) in [6, 6.07) is 9.99. The van der Waals surface area contributed by atoms with Gasteiger partial charge in [0, 0.05) is 27.6 Å². The first kappa shape index (κ1) is 16.2. The van der Waals surface area contributed by atoms with E-state index in [2.05, 4.69) is 21.2 Å². The van der Waals surface area contributed by atoms with E-state index in [-0.39, 0.29) is 18.0 Å². The third-order valence-electron chi connectivity index (χ3n) is 3.60. The molecule has 6 nitrogen and oxygen atoms in total. The second-order valence-electron chi connectivity index (χ2n) is 5.41. The van der Waals surface area contributed by atoms with Crippen LogP contribution in [0, 0.1) is 17.0 Å². The number of nitrogens with zero attached hydrogens (tertiary/aromatic N) is 1. The normalized spacial score (nSPS) is 10.8. The first-order chi connectivity index (χ1) is 11.4. The Morgan fingerprint density at radius 2 is 2.08 bits per heavy atom. The maximum absolute atomic E-state index is 12.3. The fraction of sp³-hybridized carbons (Fsp3) is 0.118. The minimum Gasteiger partial charge on any atom is -0.464 e. The number of amides is 1. The second-order valence-corrected chi connectivity index (χ2v) is 6.26. The molecule has 3 rings (SSSR count). The highest BCUT2D eigenvalue weighted by atomic mass is 79.9. The molecule has 7 heteroatoms. The number of nitrogens with one attached hydrogen (secondary N) is 1. The van der Waals surface area contributed by atoms with E-state index in [9.17, 15) is 14.9 Å². The molecule has 0 unspecified atom stereocenters. The van der Waals surface area contributed by atoms with Crippen molar-refractivity contribution < 1.29 is 14.1 Å². The molecule has 0 fully saturated rings. The molecule has 1 amide bonds. The number of furan rings is 1. The van der Waals surface area contributed by atoms with E-state index in [4.69, 9.17) is 4.42 Å². The van der Waals surface area contributed by atoms with Gasteiger partial charge in [0.1, 0.15) is 5.58 Å². The van der Waals surface area contributed by atoms with Crippen LogP contribution in [0.1, 0.15) is 11.1 Å². The molecule has 1 N–H and O–H groups in total. The third-order valence-corrected chi connectivity index (χ3v) is 4.25. The smallest absolute Gasteiger partial charge is 0.270 e. The van der Waals surface area contributed by atoms with E-state index in [1.165, 1.54) is 18.2 Å². The standard InChI is InChI=1S/C17H13BrN2O4/c1-10-2-5-16-13(6-10)11(9-24-16)7-17(21)19-15-4-3-12(20(22)23)8-14(15)18/h2-6,8-9H,7H2,1H3,(H,19,21). The molecule has 3 aromatic rings. The second kappa shape index (κ2) is 6.45. The number of fused-ring (bicyclic) bond motifs is 1. The van der Waals surface area contributed by atoms with Crippen LogP contribution in [-0.2, 0) is 11.2 Å². The molecule has 122 valence electrons. The highest BCUT2D eigenvalue weighted by Crippen LogP contribution is 2.28. The largest absolute Gasteiger partial charge is 0.464 e. The summed E-state index contributed by atoms with van der Waals surface area (Å²) in [7, 11) is 0. The molecule has 0 spiro atoms. The summed E-state index contributed by atoms with van der Waals surface area (Å²) in [5, 5.41) is 14.4. The number of halogens is 1. The Kier molecular flexibility index (Phi) is 4.35. The highest BCUT2D eigenvalue weighted by molar-refractivity contribution is 9.10. The molecule has 1 heterocycles. The van der Waals surface area contributed by atoms with E-state index in [0.717, 1.165) is 22.1 Å². The maximum atomic E-state index is 12.3. The van der Waals surface area contributed by atoms with Crippen molar-refractivity contribution in [3.05, 3.63) is 68.4 Å².